The van der Waals surface area contributed by atoms with E-state index in [4.69, 9.17) is 10.8 Å². The quantitative estimate of drug-likeness (QED) is 0.462. The van der Waals surface area contributed by atoms with Crippen molar-refractivity contribution in [1.29, 1.82) is 0 Å². The lowest BCUT2D eigenvalue weighted by Crippen LogP contribution is -2.49. The van der Waals surface area contributed by atoms with Crippen LogP contribution in [0.25, 0.3) is 0 Å². The summed E-state index contributed by atoms with van der Waals surface area (Å²) in [4.78, 5) is 45.6. The number of Topliss-reactive ketones (excluding diaryl/α,β-unsaturated/α-hetero) is 1. The monoisotopic (exact) mass is 329 g/mol. The van der Waals surface area contributed by atoms with E-state index in [9.17, 15) is 19.2 Å². The lowest BCUT2D eigenvalue weighted by molar-refractivity contribution is -0.139. The first-order valence-corrected chi connectivity index (χ1v) is 7.47. The molecule has 2 unspecified atom stereocenters. The molecule has 0 saturated carbocycles. The van der Waals surface area contributed by atoms with Gasteiger partial charge in [-0.15, -0.1) is 0 Å². The molecule has 8 nitrogen and oxygen atoms in total. The molecule has 0 aromatic rings. The van der Waals surface area contributed by atoms with Crippen LogP contribution in [0.5, 0.6) is 0 Å². The first-order chi connectivity index (χ1) is 10.4. The third-order valence-corrected chi connectivity index (χ3v) is 2.98. The highest BCUT2D eigenvalue weighted by Crippen LogP contribution is 2.21. The number of carboxylic acids is 1. The van der Waals surface area contributed by atoms with Gasteiger partial charge in [0.25, 0.3) is 0 Å². The molecular formula is C15H27N3O5. The highest BCUT2D eigenvalue weighted by Gasteiger charge is 2.26. The second-order valence-electron chi connectivity index (χ2n) is 6.79. The van der Waals surface area contributed by atoms with Crippen LogP contribution in [-0.2, 0) is 19.2 Å². The first-order valence-electron chi connectivity index (χ1n) is 7.47. The Morgan fingerprint density at radius 3 is 2.17 bits per heavy atom. The summed E-state index contributed by atoms with van der Waals surface area (Å²) in [5, 5.41) is 13.7. The van der Waals surface area contributed by atoms with Crippen molar-refractivity contribution in [3.63, 3.8) is 0 Å². The predicted molar refractivity (Wildman–Crippen MR) is 84.5 cm³/mol. The van der Waals surface area contributed by atoms with Gasteiger partial charge in [-0.1, -0.05) is 20.8 Å². The molecule has 0 aromatic heterocycles. The molecule has 0 rings (SSSR count). The molecule has 0 radical (unpaired) electrons. The lowest BCUT2D eigenvalue weighted by atomic mass is 9.87. The van der Waals surface area contributed by atoms with Crippen LogP contribution in [0.1, 0.15) is 47.0 Å². The summed E-state index contributed by atoms with van der Waals surface area (Å²) in [6.07, 6.45) is 0.278. The van der Waals surface area contributed by atoms with Crippen LogP contribution in [0.3, 0.4) is 0 Å². The summed E-state index contributed by atoms with van der Waals surface area (Å²) in [5.41, 5.74) is 5.12. The molecule has 0 bridgehead atoms. The minimum Gasteiger partial charge on any atom is -0.480 e. The smallest absolute Gasteiger partial charge is 0.320 e. The van der Waals surface area contributed by atoms with Crippen LogP contribution < -0.4 is 16.4 Å². The summed E-state index contributed by atoms with van der Waals surface area (Å²) >= 11 is 0. The van der Waals surface area contributed by atoms with E-state index >= 15 is 0 Å². The maximum atomic E-state index is 12.1. The van der Waals surface area contributed by atoms with Gasteiger partial charge < -0.3 is 21.5 Å². The maximum absolute atomic E-state index is 12.1. The topological polar surface area (TPSA) is 139 Å². The molecule has 0 fully saturated rings. The van der Waals surface area contributed by atoms with Crippen molar-refractivity contribution in [3.05, 3.63) is 0 Å². The van der Waals surface area contributed by atoms with Gasteiger partial charge in [-0.2, -0.15) is 0 Å². The van der Waals surface area contributed by atoms with Crippen LogP contribution in [0, 0.1) is 5.41 Å². The SMILES string of the molecule is CC(=O)CNC(=O)C(CC(C)(C)C)NC(=O)CCC(N)C(=O)O. The Morgan fingerprint density at radius 2 is 1.74 bits per heavy atom. The summed E-state index contributed by atoms with van der Waals surface area (Å²) < 4.78 is 0. The number of carbonyl (C=O) groups is 4. The fourth-order valence-electron chi connectivity index (χ4n) is 1.83. The van der Waals surface area contributed by atoms with Crippen LogP contribution >= 0.6 is 0 Å². The fourth-order valence-corrected chi connectivity index (χ4v) is 1.83. The summed E-state index contributed by atoms with van der Waals surface area (Å²) in [6, 6.07) is -1.91. The van der Waals surface area contributed by atoms with Crippen LogP contribution in [0.4, 0.5) is 0 Å². The molecule has 0 aromatic carbocycles. The standard InChI is InChI=1S/C15H27N3O5/c1-9(19)8-17-13(21)11(7-15(2,3)4)18-12(20)6-5-10(16)14(22)23/h10-11H,5-8,16H2,1-4H3,(H,17,21)(H,18,20)(H,22,23). The summed E-state index contributed by atoms with van der Waals surface area (Å²) in [5.74, 6) is -2.25. The Kier molecular flexibility index (Phi) is 8.45. The molecule has 23 heavy (non-hydrogen) atoms. The summed E-state index contributed by atoms with van der Waals surface area (Å²) in [6.45, 7) is 7.02. The van der Waals surface area contributed by atoms with Gasteiger partial charge in [-0.3, -0.25) is 19.2 Å². The molecule has 0 aliphatic carbocycles. The zero-order valence-corrected chi connectivity index (χ0v) is 14.1. The Morgan fingerprint density at radius 1 is 1.17 bits per heavy atom. The van der Waals surface area contributed by atoms with E-state index in [1.165, 1.54) is 6.92 Å². The minimum atomic E-state index is -1.18. The van der Waals surface area contributed by atoms with Gasteiger partial charge >= 0.3 is 5.97 Å². The second-order valence-corrected chi connectivity index (χ2v) is 6.79. The zero-order chi connectivity index (χ0) is 18.2. The van der Waals surface area contributed by atoms with Crippen molar-refractivity contribution in [1.82, 2.24) is 10.6 Å². The van der Waals surface area contributed by atoms with Crippen LogP contribution in [0.15, 0.2) is 0 Å². The highest BCUT2D eigenvalue weighted by molar-refractivity contribution is 5.90. The Balaban J connectivity index is 4.68. The van der Waals surface area contributed by atoms with E-state index in [-0.39, 0.29) is 30.6 Å². The van der Waals surface area contributed by atoms with Gasteiger partial charge in [0.05, 0.1) is 6.54 Å². The number of ketones is 1. The molecule has 0 heterocycles. The van der Waals surface area contributed by atoms with Crippen molar-refractivity contribution >= 4 is 23.6 Å². The first kappa shape index (κ1) is 21.0. The van der Waals surface area contributed by atoms with Gasteiger partial charge in [0, 0.05) is 6.42 Å². The average molecular weight is 329 g/mol. The van der Waals surface area contributed by atoms with Gasteiger partial charge in [-0.05, 0) is 25.2 Å². The number of rotatable bonds is 9. The van der Waals surface area contributed by atoms with Crippen molar-refractivity contribution in [2.75, 3.05) is 6.54 Å². The van der Waals surface area contributed by atoms with Gasteiger partial charge in [0.2, 0.25) is 11.8 Å². The number of hydrogen-bond acceptors (Lipinski definition) is 5. The molecule has 0 aliphatic rings. The number of hydrogen-bond donors (Lipinski definition) is 4. The third-order valence-electron chi connectivity index (χ3n) is 2.98. The Bertz CT molecular complexity index is 457. The fraction of sp³-hybridized carbons (Fsp3) is 0.733. The number of carbonyl (C=O) groups excluding carboxylic acids is 3. The largest absolute Gasteiger partial charge is 0.480 e. The molecule has 2 amide bonds. The molecule has 0 saturated heterocycles. The highest BCUT2D eigenvalue weighted by atomic mass is 16.4. The summed E-state index contributed by atoms with van der Waals surface area (Å²) in [7, 11) is 0. The van der Waals surface area contributed by atoms with E-state index in [1.807, 2.05) is 20.8 Å². The third kappa shape index (κ3) is 10.4. The Labute approximate surface area is 136 Å². The van der Waals surface area contributed by atoms with E-state index in [0.29, 0.717) is 6.42 Å². The van der Waals surface area contributed by atoms with Crippen molar-refractivity contribution in [2.24, 2.45) is 11.1 Å². The Hall–Kier alpha value is -1.96. The van der Waals surface area contributed by atoms with Crippen LogP contribution in [-0.4, -0.2) is 47.3 Å². The number of carboxylic acid groups (broad SMARTS) is 1. The van der Waals surface area contributed by atoms with E-state index in [2.05, 4.69) is 10.6 Å². The molecule has 2 atom stereocenters. The average Bonchev–Trinajstić information content (AvgIpc) is 2.39. The van der Waals surface area contributed by atoms with Gasteiger partial charge in [0.1, 0.15) is 17.9 Å². The predicted octanol–water partition coefficient (Wildman–Crippen LogP) is -0.195. The van der Waals surface area contributed by atoms with Crippen molar-refractivity contribution in [3.8, 4) is 0 Å². The van der Waals surface area contributed by atoms with E-state index < -0.39 is 29.9 Å². The maximum Gasteiger partial charge on any atom is 0.320 e. The number of aliphatic carboxylic acids is 1. The van der Waals surface area contributed by atoms with Gasteiger partial charge in [0.15, 0.2) is 0 Å². The van der Waals surface area contributed by atoms with E-state index in [0.717, 1.165) is 0 Å². The second kappa shape index (κ2) is 9.24. The normalized spacial score (nSPS) is 13.8. The number of amides is 2. The van der Waals surface area contributed by atoms with Gasteiger partial charge in [-0.25, -0.2) is 0 Å². The number of nitrogens with one attached hydrogen (secondary N) is 2. The van der Waals surface area contributed by atoms with E-state index in [1.54, 1.807) is 0 Å². The molecule has 5 N–H and O–H groups in total. The molecular weight excluding hydrogens is 302 g/mol. The minimum absolute atomic E-state index is 0.0154. The van der Waals surface area contributed by atoms with Crippen molar-refractivity contribution < 1.29 is 24.3 Å². The molecule has 132 valence electrons. The molecule has 0 aliphatic heterocycles. The van der Waals surface area contributed by atoms with Crippen molar-refractivity contribution in [2.45, 2.75) is 59.0 Å². The molecule has 8 heteroatoms. The van der Waals surface area contributed by atoms with Crippen LogP contribution in [0.2, 0.25) is 0 Å². The zero-order valence-electron chi connectivity index (χ0n) is 14.1. The lowest BCUT2D eigenvalue weighted by Gasteiger charge is -2.26. The number of nitrogens with two attached hydrogens (primary N) is 1. The molecule has 0 spiro atoms.